The predicted octanol–water partition coefficient (Wildman–Crippen LogP) is 2.20. The van der Waals surface area contributed by atoms with E-state index in [-0.39, 0.29) is 0 Å². The van der Waals surface area contributed by atoms with Crippen LogP contribution in [0.1, 0.15) is 11.4 Å². The van der Waals surface area contributed by atoms with E-state index in [1.54, 1.807) is 0 Å². The summed E-state index contributed by atoms with van der Waals surface area (Å²) >= 11 is 0. The molecule has 0 spiro atoms. The van der Waals surface area contributed by atoms with Gasteiger partial charge < -0.3 is 5.73 Å². The molecule has 0 aromatic carbocycles. The van der Waals surface area contributed by atoms with Gasteiger partial charge in [0.05, 0.1) is 5.69 Å². The zero-order chi connectivity index (χ0) is 10.8. The smallest absolute Gasteiger partial charge is 0.135 e. The molecule has 14 heavy (non-hydrogen) atoms. The minimum Gasteiger partial charge on any atom is -0.396 e. The van der Waals surface area contributed by atoms with Crippen LogP contribution in [0.25, 0.3) is 0 Å². The molecule has 0 saturated carbocycles. The van der Waals surface area contributed by atoms with Gasteiger partial charge in [-0.05, 0) is 19.1 Å². The predicted molar refractivity (Wildman–Crippen MR) is 63.6 cm³/mol. The Morgan fingerprint density at radius 3 is 2.50 bits per heavy atom. The Morgan fingerprint density at radius 1 is 1.29 bits per heavy atom. The Morgan fingerprint density at radius 2 is 1.93 bits per heavy atom. The van der Waals surface area contributed by atoms with Crippen molar-refractivity contribution in [3.63, 3.8) is 0 Å². The number of nitrogens with zero attached hydrogens (tertiary/aromatic N) is 1. The monoisotopic (exact) mass is 204 g/mol. The van der Waals surface area contributed by atoms with Gasteiger partial charge in [0.1, 0.15) is 13.8 Å². The molecule has 2 nitrogen and oxygen atoms in total. The maximum absolute atomic E-state index is 5.77. The highest BCUT2D eigenvalue weighted by atomic mass is 28.3. The van der Waals surface area contributed by atoms with E-state index < -0.39 is 8.07 Å². The summed E-state index contributed by atoms with van der Waals surface area (Å²) in [4.78, 5) is 4.30. The fourth-order valence-corrected chi connectivity index (χ4v) is 1.41. The van der Waals surface area contributed by atoms with Crippen molar-refractivity contribution in [3.8, 4) is 11.5 Å². The van der Waals surface area contributed by atoms with Crippen LogP contribution >= 0.6 is 0 Å². The second-order valence-electron chi connectivity index (χ2n) is 4.39. The molecule has 0 unspecified atom stereocenters. The van der Waals surface area contributed by atoms with Crippen LogP contribution in [-0.4, -0.2) is 13.1 Å². The van der Waals surface area contributed by atoms with Crippen LogP contribution < -0.4 is 5.73 Å². The maximum atomic E-state index is 5.77. The lowest BCUT2D eigenvalue weighted by molar-refractivity contribution is 1.18. The summed E-state index contributed by atoms with van der Waals surface area (Å²) in [7, 11) is -1.34. The summed E-state index contributed by atoms with van der Waals surface area (Å²) in [5.41, 5.74) is 11.4. The van der Waals surface area contributed by atoms with Gasteiger partial charge in [-0.15, -0.1) is 5.54 Å². The normalized spacial score (nSPS) is 10.6. The van der Waals surface area contributed by atoms with Crippen molar-refractivity contribution in [1.29, 1.82) is 0 Å². The van der Waals surface area contributed by atoms with Gasteiger partial charge in [0.15, 0.2) is 0 Å². The van der Waals surface area contributed by atoms with Crippen LogP contribution in [0.4, 0.5) is 5.69 Å². The number of aryl methyl sites for hydroxylation is 1. The third kappa shape index (κ3) is 3.23. The highest BCUT2D eigenvalue weighted by molar-refractivity contribution is 6.83. The fourth-order valence-electron chi connectivity index (χ4n) is 0.914. The summed E-state index contributed by atoms with van der Waals surface area (Å²) in [6, 6.07) is 3.76. The Hall–Kier alpha value is -1.27. The molecule has 74 valence electrons. The lowest BCUT2D eigenvalue weighted by Crippen LogP contribution is -2.16. The van der Waals surface area contributed by atoms with Crippen molar-refractivity contribution in [2.45, 2.75) is 26.6 Å². The van der Waals surface area contributed by atoms with E-state index in [4.69, 9.17) is 5.73 Å². The second kappa shape index (κ2) is 3.85. The Labute approximate surface area is 86.6 Å². The van der Waals surface area contributed by atoms with Crippen molar-refractivity contribution < 1.29 is 0 Å². The minimum atomic E-state index is -1.34. The second-order valence-corrected chi connectivity index (χ2v) is 9.14. The summed E-state index contributed by atoms with van der Waals surface area (Å²) < 4.78 is 0. The fraction of sp³-hybridized carbons (Fsp3) is 0.364. The van der Waals surface area contributed by atoms with Crippen molar-refractivity contribution in [3.05, 3.63) is 23.5 Å². The SMILES string of the molecule is Cc1ccc(N)c(C#C[Si](C)(C)C)n1. The van der Waals surface area contributed by atoms with E-state index in [0.717, 1.165) is 5.69 Å². The molecule has 1 rings (SSSR count). The van der Waals surface area contributed by atoms with E-state index in [9.17, 15) is 0 Å². The lowest BCUT2D eigenvalue weighted by atomic mass is 10.3. The van der Waals surface area contributed by atoms with Gasteiger partial charge >= 0.3 is 0 Å². The first-order valence-corrected chi connectivity index (χ1v) is 8.15. The minimum absolute atomic E-state index is 0.668. The lowest BCUT2D eigenvalue weighted by Gasteiger charge is -2.04. The van der Waals surface area contributed by atoms with E-state index in [2.05, 4.69) is 36.1 Å². The number of pyridine rings is 1. The molecular weight excluding hydrogens is 188 g/mol. The van der Waals surface area contributed by atoms with Gasteiger partial charge in [-0.25, -0.2) is 4.98 Å². The molecule has 0 fully saturated rings. The molecule has 2 N–H and O–H groups in total. The molecule has 1 heterocycles. The Bertz CT molecular complexity index is 394. The number of rotatable bonds is 0. The number of hydrogen-bond acceptors (Lipinski definition) is 2. The van der Waals surface area contributed by atoms with Crippen LogP contribution in [0.3, 0.4) is 0 Å². The van der Waals surface area contributed by atoms with Gasteiger partial charge in [-0.1, -0.05) is 25.6 Å². The molecule has 0 atom stereocenters. The molecular formula is C11H16N2Si. The zero-order valence-corrected chi connectivity index (χ0v) is 10.2. The Kier molecular flexibility index (Phi) is 2.97. The quantitative estimate of drug-likeness (QED) is 0.520. The molecule has 3 heteroatoms. The molecule has 0 aliphatic carbocycles. The average Bonchev–Trinajstić information content (AvgIpc) is 2.05. The standard InChI is InChI=1S/C11H16N2Si/c1-9-5-6-10(12)11(13-9)7-8-14(2,3)4/h5-6H,12H2,1-4H3. The van der Waals surface area contributed by atoms with Crippen molar-refractivity contribution in [1.82, 2.24) is 4.98 Å². The van der Waals surface area contributed by atoms with Crippen LogP contribution in [0, 0.1) is 18.4 Å². The number of nitrogen functional groups attached to an aromatic ring is 1. The number of hydrogen-bond donors (Lipinski definition) is 1. The zero-order valence-electron chi connectivity index (χ0n) is 9.18. The highest BCUT2D eigenvalue weighted by Crippen LogP contribution is 2.08. The topological polar surface area (TPSA) is 38.9 Å². The van der Waals surface area contributed by atoms with Crippen molar-refractivity contribution in [2.24, 2.45) is 0 Å². The molecule has 0 bridgehead atoms. The summed E-state index contributed by atoms with van der Waals surface area (Å²) in [6.07, 6.45) is 0. The van der Waals surface area contributed by atoms with E-state index in [0.29, 0.717) is 11.4 Å². The first-order valence-electron chi connectivity index (χ1n) is 4.65. The van der Waals surface area contributed by atoms with Crippen LogP contribution in [-0.2, 0) is 0 Å². The van der Waals surface area contributed by atoms with Crippen molar-refractivity contribution >= 4 is 13.8 Å². The number of nitrogens with two attached hydrogens (primary N) is 1. The number of aromatic nitrogens is 1. The van der Waals surface area contributed by atoms with Gasteiger partial charge in [0.2, 0.25) is 0 Å². The summed E-state index contributed by atoms with van der Waals surface area (Å²) in [5.74, 6) is 3.07. The Balaban J connectivity index is 3.06. The maximum Gasteiger partial charge on any atom is 0.135 e. The van der Waals surface area contributed by atoms with Gasteiger partial charge in [-0.2, -0.15) is 0 Å². The highest BCUT2D eigenvalue weighted by Gasteiger charge is 2.08. The van der Waals surface area contributed by atoms with Gasteiger partial charge in [0, 0.05) is 5.69 Å². The van der Waals surface area contributed by atoms with E-state index in [1.165, 1.54) is 0 Å². The van der Waals surface area contributed by atoms with E-state index in [1.807, 2.05) is 19.1 Å². The van der Waals surface area contributed by atoms with E-state index >= 15 is 0 Å². The molecule has 1 aromatic heterocycles. The molecule has 0 aliphatic rings. The largest absolute Gasteiger partial charge is 0.396 e. The average molecular weight is 204 g/mol. The molecule has 1 aromatic rings. The molecule has 0 amide bonds. The van der Waals surface area contributed by atoms with Gasteiger partial charge in [-0.3, -0.25) is 0 Å². The molecule has 0 saturated heterocycles. The summed E-state index contributed by atoms with van der Waals surface area (Å²) in [5, 5.41) is 0. The first kappa shape index (κ1) is 10.8. The summed E-state index contributed by atoms with van der Waals surface area (Å²) in [6.45, 7) is 8.54. The third-order valence-corrected chi connectivity index (χ3v) is 2.50. The van der Waals surface area contributed by atoms with Crippen LogP contribution in [0.5, 0.6) is 0 Å². The van der Waals surface area contributed by atoms with Crippen LogP contribution in [0.2, 0.25) is 19.6 Å². The van der Waals surface area contributed by atoms with Crippen LogP contribution in [0.15, 0.2) is 12.1 Å². The van der Waals surface area contributed by atoms with Gasteiger partial charge in [0.25, 0.3) is 0 Å². The molecule has 0 radical (unpaired) electrons. The first-order chi connectivity index (χ1) is 6.38. The molecule has 0 aliphatic heterocycles. The number of anilines is 1. The van der Waals surface area contributed by atoms with Crippen molar-refractivity contribution in [2.75, 3.05) is 5.73 Å². The third-order valence-electron chi connectivity index (χ3n) is 1.62.